The SMILES string of the molecule is CN1CCC(CN(C)CC(C)(O)C(=O)O)CC1. The molecule has 0 bridgehead atoms. The molecule has 1 unspecified atom stereocenters. The van der Waals surface area contributed by atoms with Crippen molar-refractivity contribution in [1.82, 2.24) is 9.80 Å². The third-order valence-electron chi connectivity index (χ3n) is 3.45. The van der Waals surface area contributed by atoms with Crippen LogP contribution in [0.1, 0.15) is 19.8 Å². The van der Waals surface area contributed by atoms with Crippen molar-refractivity contribution in [2.75, 3.05) is 40.3 Å². The van der Waals surface area contributed by atoms with Crippen LogP contribution in [-0.4, -0.2) is 71.9 Å². The summed E-state index contributed by atoms with van der Waals surface area (Å²) in [5.74, 6) is -0.548. The number of aliphatic hydroxyl groups is 1. The summed E-state index contributed by atoms with van der Waals surface area (Å²) < 4.78 is 0. The smallest absolute Gasteiger partial charge is 0.336 e. The minimum absolute atomic E-state index is 0.175. The number of likely N-dealkylation sites (N-methyl/N-ethyl adjacent to an activating group) is 1. The minimum atomic E-state index is -1.65. The summed E-state index contributed by atoms with van der Waals surface area (Å²) in [4.78, 5) is 15.0. The van der Waals surface area contributed by atoms with E-state index in [9.17, 15) is 9.90 Å². The zero-order chi connectivity index (χ0) is 13.1. The van der Waals surface area contributed by atoms with Crippen LogP contribution in [0.5, 0.6) is 0 Å². The Balaban J connectivity index is 2.34. The molecule has 5 nitrogen and oxygen atoms in total. The van der Waals surface area contributed by atoms with Crippen molar-refractivity contribution in [1.29, 1.82) is 0 Å². The van der Waals surface area contributed by atoms with Crippen LogP contribution in [0.2, 0.25) is 0 Å². The van der Waals surface area contributed by atoms with Gasteiger partial charge in [0, 0.05) is 13.1 Å². The molecule has 0 aromatic carbocycles. The predicted molar refractivity (Wildman–Crippen MR) is 66.0 cm³/mol. The van der Waals surface area contributed by atoms with Gasteiger partial charge < -0.3 is 20.0 Å². The molecule has 1 saturated heterocycles. The third kappa shape index (κ3) is 4.61. The summed E-state index contributed by atoms with van der Waals surface area (Å²) in [5, 5.41) is 18.5. The van der Waals surface area contributed by atoms with Gasteiger partial charge in [0.15, 0.2) is 5.60 Å². The monoisotopic (exact) mass is 244 g/mol. The zero-order valence-electron chi connectivity index (χ0n) is 11.0. The van der Waals surface area contributed by atoms with E-state index < -0.39 is 11.6 Å². The van der Waals surface area contributed by atoms with Crippen LogP contribution in [0, 0.1) is 5.92 Å². The molecule has 1 heterocycles. The van der Waals surface area contributed by atoms with E-state index in [2.05, 4.69) is 11.9 Å². The van der Waals surface area contributed by atoms with E-state index in [-0.39, 0.29) is 6.54 Å². The molecule has 0 spiro atoms. The van der Waals surface area contributed by atoms with E-state index in [1.54, 1.807) is 0 Å². The van der Waals surface area contributed by atoms with Crippen molar-refractivity contribution < 1.29 is 15.0 Å². The molecule has 0 radical (unpaired) electrons. The number of hydrogen-bond donors (Lipinski definition) is 2. The number of piperidine rings is 1. The number of carboxylic acids is 1. The Kier molecular flexibility index (Phi) is 4.91. The molecular formula is C12H24N2O3. The third-order valence-corrected chi connectivity index (χ3v) is 3.45. The van der Waals surface area contributed by atoms with Gasteiger partial charge in [-0.3, -0.25) is 0 Å². The molecule has 0 aromatic heterocycles. The van der Waals surface area contributed by atoms with E-state index in [0.717, 1.165) is 32.5 Å². The van der Waals surface area contributed by atoms with Gasteiger partial charge in [-0.2, -0.15) is 0 Å². The average Bonchev–Trinajstić information content (AvgIpc) is 2.20. The molecule has 1 aliphatic heterocycles. The van der Waals surface area contributed by atoms with Crippen molar-refractivity contribution in [3.05, 3.63) is 0 Å². The molecule has 2 N–H and O–H groups in total. The van der Waals surface area contributed by atoms with Gasteiger partial charge in [-0.05, 0) is 52.9 Å². The Morgan fingerprint density at radius 3 is 2.47 bits per heavy atom. The number of rotatable bonds is 5. The van der Waals surface area contributed by atoms with E-state index in [1.165, 1.54) is 6.92 Å². The molecule has 0 saturated carbocycles. The van der Waals surface area contributed by atoms with E-state index in [1.807, 2.05) is 11.9 Å². The lowest BCUT2D eigenvalue weighted by Crippen LogP contribution is -2.47. The highest BCUT2D eigenvalue weighted by molar-refractivity contribution is 5.76. The molecule has 1 atom stereocenters. The van der Waals surface area contributed by atoms with Gasteiger partial charge >= 0.3 is 5.97 Å². The van der Waals surface area contributed by atoms with Gasteiger partial charge in [0.05, 0.1) is 0 Å². The lowest BCUT2D eigenvalue weighted by atomic mass is 9.96. The molecule has 1 aliphatic rings. The summed E-state index contributed by atoms with van der Waals surface area (Å²) in [6.45, 7) is 4.59. The Bertz CT molecular complexity index is 260. The van der Waals surface area contributed by atoms with Crippen molar-refractivity contribution in [3.8, 4) is 0 Å². The maximum absolute atomic E-state index is 10.8. The van der Waals surface area contributed by atoms with Crippen molar-refractivity contribution in [2.24, 2.45) is 5.92 Å². The summed E-state index contributed by atoms with van der Waals surface area (Å²) in [5.41, 5.74) is -1.65. The molecule has 0 aliphatic carbocycles. The fourth-order valence-electron chi connectivity index (χ4n) is 2.34. The number of carbonyl (C=O) groups is 1. The maximum Gasteiger partial charge on any atom is 0.336 e. The van der Waals surface area contributed by atoms with Crippen LogP contribution in [0.3, 0.4) is 0 Å². The second-order valence-corrected chi connectivity index (χ2v) is 5.52. The molecule has 0 aromatic rings. The number of hydrogen-bond acceptors (Lipinski definition) is 4. The molecule has 0 amide bonds. The summed E-state index contributed by atoms with van der Waals surface area (Å²) in [7, 11) is 3.99. The van der Waals surface area contributed by atoms with Gasteiger partial charge in [-0.1, -0.05) is 0 Å². The van der Waals surface area contributed by atoms with Crippen LogP contribution in [-0.2, 0) is 4.79 Å². The lowest BCUT2D eigenvalue weighted by molar-refractivity contribution is -0.158. The molecular weight excluding hydrogens is 220 g/mol. The van der Waals surface area contributed by atoms with E-state index >= 15 is 0 Å². The van der Waals surface area contributed by atoms with Crippen LogP contribution in [0.4, 0.5) is 0 Å². The predicted octanol–water partition coefficient (Wildman–Crippen LogP) is 0.0956. The van der Waals surface area contributed by atoms with Crippen molar-refractivity contribution in [2.45, 2.75) is 25.4 Å². The Morgan fingerprint density at radius 2 is 2.00 bits per heavy atom. The zero-order valence-corrected chi connectivity index (χ0v) is 11.0. The second-order valence-electron chi connectivity index (χ2n) is 5.52. The fraction of sp³-hybridized carbons (Fsp3) is 0.917. The van der Waals surface area contributed by atoms with Crippen LogP contribution in [0.15, 0.2) is 0 Å². The first kappa shape index (κ1) is 14.4. The minimum Gasteiger partial charge on any atom is -0.479 e. The highest BCUT2D eigenvalue weighted by Gasteiger charge is 2.32. The average molecular weight is 244 g/mol. The van der Waals surface area contributed by atoms with Crippen molar-refractivity contribution in [3.63, 3.8) is 0 Å². The van der Waals surface area contributed by atoms with E-state index in [4.69, 9.17) is 5.11 Å². The Labute approximate surface area is 103 Å². The summed E-state index contributed by atoms with van der Waals surface area (Å²) in [6, 6.07) is 0. The number of likely N-dealkylation sites (tertiary alicyclic amines) is 1. The molecule has 1 fully saturated rings. The fourth-order valence-corrected chi connectivity index (χ4v) is 2.34. The van der Waals surface area contributed by atoms with E-state index in [0.29, 0.717) is 5.92 Å². The van der Waals surface area contributed by atoms with Crippen LogP contribution in [0.25, 0.3) is 0 Å². The largest absolute Gasteiger partial charge is 0.479 e. The quantitative estimate of drug-likeness (QED) is 0.718. The first-order chi connectivity index (χ1) is 7.81. The van der Waals surface area contributed by atoms with Gasteiger partial charge in [0.2, 0.25) is 0 Å². The highest BCUT2D eigenvalue weighted by Crippen LogP contribution is 2.17. The standard InChI is InChI=1S/C12H24N2O3/c1-12(17,11(15)16)9-14(3)8-10-4-6-13(2)7-5-10/h10,17H,4-9H2,1-3H3,(H,15,16). The van der Waals surface area contributed by atoms with Crippen molar-refractivity contribution >= 4 is 5.97 Å². The first-order valence-electron chi connectivity index (χ1n) is 6.14. The second kappa shape index (κ2) is 5.80. The number of nitrogens with zero attached hydrogens (tertiary/aromatic N) is 2. The lowest BCUT2D eigenvalue weighted by Gasteiger charge is -2.33. The maximum atomic E-state index is 10.8. The normalized spacial score (nSPS) is 22.6. The Morgan fingerprint density at radius 1 is 1.47 bits per heavy atom. The van der Waals surface area contributed by atoms with Gasteiger partial charge in [-0.25, -0.2) is 4.79 Å². The summed E-state index contributed by atoms with van der Waals surface area (Å²) >= 11 is 0. The first-order valence-corrected chi connectivity index (χ1v) is 6.14. The molecule has 1 rings (SSSR count). The number of aliphatic carboxylic acids is 1. The highest BCUT2D eigenvalue weighted by atomic mass is 16.4. The topological polar surface area (TPSA) is 64.0 Å². The van der Waals surface area contributed by atoms with Gasteiger partial charge in [0.1, 0.15) is 0 Å². The molecule has 100 valence electrons. The van der Waals surface area contributed by atoms with Crippen LogP contribution >= 0.6 is 0 Å². The van der Waals surface area contributed by atoms with Crippen LogP contribution < -0.4 is 0 Å². The van der Waals surface area contributed by atoms with Gasteiger partial charge in [0.25, 0.3) is 0 Å². The molecule has 17 heavy (non-hydrogen) atoms. The van der Waals surface area contributed by atoms with Gasteiger partial charge in [-0.15, -0.1) is 0 Å². The molecule has 5 heteroatoms. The number of carboxylic acid groups (broad SMARTS) is 1. The summed E-state index contributed by atoms with van der Waals surface area (Å²) in [6.07, 6.45) is 2.30. The Hall–Kier alpha value is -0.650.